The molecule has 3 rings (SSSR count). The first-order chi connectivity index (χ1) is 14.7. The molecule has 1 atom stereocenters. The van der Waals surface area contributed by atoms with Gasteiger partial charge in [-0.05, 0) is 45.1 Å². The van der Waals surface area contributed by atoms with E-state index in [-0.39, 0.29) is 29.6 Å². The SMILES string of the molecule is Cc1cnc(N[C@H]2CC[C@@H](C(=O)N[C@@H](C)c3ccc([N+](=O)[O-])cc3)CC2)nc1N(C)C. The zero-order valence-corrected chi connectivity index (χ0v) is 18.5. The van der Waals surface area contributed by atoms with Crippen LogP contribution in [0.4, 0.5) is 17.5 Å². The Bertz CT molecular complexity index is 923. The van der Waals surface area contributed by atoms with Crippen LogP contribution in [-0.2, 0) is 4.79 Å². The van der Waals surface area contributed by atoms with Gasteiger partial charge in [0.05, 0.1) is 11.0 Å². The zero-order chi connectivity index (χ0) is 22.5. The molecule has 0 bridgehead atoms. The van der Waals surface area contributed by atoms with E-state index in [0.717, 1.165) is 42.6 Å². The Kier molecular flexibility index (Phi) is 7.04. The molecule has 31 heavy (non-hydrogen) atoms. The zero-order valence-electron chi connectivity index (χ0n) is 18.5. The predicted octanol–water partition coefficient (Wildman–Crippen LogP) is 3.61. The molecule has 1 fully saturated rings. The highest BCUT2D eigenvalue weighted by molar-refractivity contribution is 5.79. The molecule has 1 saturated carbocycles. The summed E-state index contributed by atoms with van der Waals surface area (Å²) in [7, 11) is 3.92. The summed E-state index contributed by atoms with van der Waals surface area (Å²) >= 11 is 0. The van der Waals surface area contributed by atoms with Crippen molar-refractivity contribution in [1.82, 2.24) is 15.3 Å². The van der Waals surface area contributed by atoms with Gasteiger partial charge in [0.2, 0.25) is 11.9 Å². The van der Waals surface area contributed by atoms with E-state index in [0.29, 0.717) is 5.95 Å². The van der Waals surface area contributed by atoms with Gasteiger partial charge in [-0.25, -0.2) is 4.98 Å². The summed E-state index contributed by atoms with van der Waals surface area (Å²) in [6.07, 6.45) is 5.16. The van der Waals surface area contributed by atoms with Crippen molar-refractivity contribution in [2.24, 2.45) is 5.92 Å². The van der Waals surface area contributed by atoms with Crippen LogP contribution >= 0.6 is 0 Å². The quantitative estimate of drug-likeness (QED) is 0.513. The van der Waals surface area contributed by atoms with Crippen LogP contribution in [0.3, 0.4) is 0 Å². The highest BCUT2D eigenvalue weighted by Gasteiger charge is 2.27. The molecule has 0 saturated heterocycles. The van der Waals surface area contributed by atoms with Crippen molar-refractivity contribution < 1.29 is 9.72 Å². The van der Waals surface area contributed by atoms with Crippen molar-refractivity contribution in [3.05, 3.63) is 51.7 Å². The number of non-ortho nitro benzene ring substituents is 1. The number of aryl methyl sites for hydroxylation is 1. The van der Waals surface area contributed by atoms with Crippen LogP contribution in [-0.4, -0.2) is 40.9 Å². The Morgan fingerprint density at radius 2 is 1.84 bits per heavy atom. The molecule has 1 aromatic carbocycles. The number of carbonyl (C=O) groups is 1. The van der Waals surface area contributed by atoms with Gasteiger partial charge in [0.1, 0.15) is 5.82 Å². The number of nitrogens with zero attached hydrogens (tertiary/aromatic N) is 4. The summed E-state index contributed by atoms with van der Waals surface area (Å²) in [6.45, 7) is 3.88. The molecule has 9 nitrogen and oxygen atoms in total. The second-order valence-corrected chi connectivity index (χ2v) is 8.37. The first-order valence-electron chi connectivity index (χ1n) is 10.6. The maximum absolute atomic E-state index is 12.7. The second kappa shape index (κ2) is 9.72. The molecule has 1 aromatic heterocycles. The average Bonchev–Trinajstić information content (AvgIpc) is 2.75. The second-order valence-electron chi connectivity index (χ2n) is 8.37. The lowest BCUT2D eigenvalue weighted by atomic mass is 9.85. The minimum absolute atomic E-state index is 0.0326. The number of rotatable bonds is 7. The summed E-state index contributed by atoms with van der Waals surface area (Å²) in [4.78, 5) is 34.0. The number of anilines is 2. The third kappa shape index (κ3) is 5.68. The van der Waals surface area contributed by atoms with Gasteiger partial charge in [0.25, 0.3) is 5.69 Å². The van der Waals surface area contributed by atoms with Gasteiger partial charge in [0.15, 0.2) is 0 Å². The van der Waals surface area contributed by atoms with E-state index in [1.165, 1.54) is 12.1 Å². The van der Waals surface area contributed by atoms with Crippen LogP contribution in [0, 0.1) is 23.0 Å². The molecule has 2 aromatic rings. The highest BCUT2D eigenvalue weighted by atomic mass is 16.6. The number of nitro benzene ring substituents is 1. The molecule has 0 radical (unpaired) electrons. The van der Waals surface area contributed by atoms with Gasteiger partial charge >= 0.3 is 0 Å². The van der Waals surface area contributed by atoms with E-state index in [4.69, 9.17) is 0 Å². The lowest BCUT2D eigenvalue weighted by Gasteiger charge is -2.29. The molecule has 0 unspecified atom stereocenters. The maximum Gasteiger partial charge on any atom is 0.269 e. The number of aromatic nitrogens is 2. The topological polar surface area (TPSA) is 113 Å². The Hall–Kier alpha value is -3.23. The van der Waals surface area contributed by atoms with E-state index < -0.39 is 4.92 Å². The van der Waals surface area contributed by atoms with E-state index >= 15 is 0 Å². The summed E-state index contributed by atoms with van der Waals surface area (Å²) < 4.78 is 0. The van der Waals surface area contributed by atoms with Gasteiger partial charge in [0, 0.05) is 49.9 Å². The number of carbonyl (C=O) groups excluding carboxylic acids is 1. The molecule has 9 heteroatoms. The number of nitro groups is 1. The maximum atomic E-state index is 12.7. The van der Waals surface area contributed by atoms with Gasteiger partial charge < -0.3 is 15.5 Å². The molecule has 1 amide bonds. The molecular weight excluding hydrogens is 396 g/mol. The molecule has 2 N–H and O–H groups in total. The Morgan fingerprint density at radius 1 is 1.19 bits per heavy atom. The van der Waals surface area contributed by atoms with Crippen molar-refractivity contribution in [1.29, 1.82) is 0 Å². The van der Waals surface area contributed by atoms with Crippen molar-refractivity contribution in [3.8, 4) is 0 Å². The Balaban J connectivity index is 1.50. The highest BCUT2D eigenvalue weighted by Crippen LogP contribution is 2.28. The minimum atomic E-state index is -0.428. The smallest absolute Gasteiger partial charge is 0.269 e. The first kappa shape index (κ1) is 22.5. The van der Waals surface area contributed by atoms with Crippen LogP contribution < -0.4 is 15.5 Å². The van der Waals surface area contributed by atoms with Gasteiger partial charge in [-0.3, -0.25) is 14.9 Å². The number of nitrogens with one attached hydrogen (secondary N) is 2. The van der Waals surface area contributed by atoms with E-state index in [1.54, 1.807) is 12.1 Å². The van der Waals surface area contributed by atoms with Gasteiger partial charge in [-0.2, -0.15) is 4.98 Å². The average molecular weight is 427 g/mol. The fourth-order valence-corrected chi connectivity index (χ4v) is 3.94. The minimum Gasteiger partial charge on any atom is -0.362 e. The number of hydrogen-bond donors (Lipinski definition) is 2. The van der Waals surface area contributed by atoms with Crippen molar-refractivity contribution in [2.75, 3.05) is 24.3 Å². The normalized spacial score (nSPS) is 19.4. The molecule has 1 aliphatic rings. The van der Waals surface area contributed by atoms with Crippen molar-refractivity contribution >= 4 is 23.4 Å². The lowest BCUT2D eigenvalue weighted by molar-refractivity contribution is -0.384. The number of amides is 1. The van der Waals surface area contributed by atoms with Crippen LogP contribution in [0.25, 0.3) is 0 Å². The summed E-state index contributed by atoms with van der Waals surface area (Å²) in [5, 5.41) is 17.2. The summed E-state index contributed by atoms with van der Waals surface area (Å²) in [5.74, 6) is 1.51. The van der Waals surface area contributed by atoms with Crippen LogP contribution in [0.2, 0.25) is 0 Å². The summed E-state index contributed by atoms with van der Waals surface area (Å²) in [5.41, 5.74) is 1.92. The molecule has 166 valence electrons. The molecular formula is C22H30N6O3. The van der Waals surface area contributed by atoms with E-state index in [1.807, 2.05) is 39.0 Å². The van der Waals surface area contributed by atoms with Gasteiger partial charge in [-0.1, -0.05) is 12.1 Å². The van der Waals surface area contributed by atoms with E-state index in [2.05, 4.69) is 20.6 Å². The molecule has 1 aliphatic carbocycles. The van der Waals surface area contributed by atoms with Crippen molar-refractivity contribution in [2.45, 2.75) is 51.6 Å². The summed E-state index contributed by atoms with van der Waals surface area (Å²) in [6, 6.07) is 6.34. The molecule has 0 aliphatic heterocycles. The Morgan fingerprint density at radius 3 is 2.42 bits per heavy atom. The fraction of sp³-hybridized carbons (Fsp3) is 0.500. The number of benzene rings is 1. The van der Waals surface area contributed by atoms with Gasteiger partial charge in [-0.15, -0.1) is 0 Å². The molecule has 0 spiro atoms. The van der Waals surface area contributed by atoms with Crippen molar-refractivity contribution in [3.63, 3.8) is 0 Å². The first-order valence-corrected chi connectivity index (χ1v) is 10.6. The third-order valence-electron chi connectivity index (χ3n) is 5.76. The third-order valence-corrected chi connectivity index (χ3v) is 5.76. The predicted molar refractivity (Wildman–Crippen MR) is 120 cm³/mol. The number of hydrogen-bond acceptors (Lipinski definition) is 7. The fourth-order valence-electron chi connectivity index (χ4n) is 3.94. The van der Waals surface area contributed by atoms with Crippen LogP contribution in [0.1, 0.15) is 49.8 Å². The van der Waals surface area contributed by atoms with Crippen LogP contribution in [0.15, 0.2) is 30.5 Å². The largest absolute Gasteiger partial charge is 0.362 e. The lowest BCUT2D eigenvalue weighted by Crippen LogP contribution is -2.37. The van der Waals surface area contributed by atoms with Crippen LogP contribution in [0.5, 0.6) is 0 Å². The standard InChI is InChI=1S/C22H30N6O3/c1-14-13-23-22(26-20(14)27(3)4)25-18-9-5-17(6-10-18)21(29)24-15(2)16-7-11-19(12-8-16)28(30)31/h7-8,11-13,15,17-18H,5-6,9-10H2,1-4H3,(H,24,29)(H,23,25,26)/t15-,17-,18+/m0/s1. The monoisotopic (exact) mass is 426 g/mol. The van der Waals surface area contributed by atoms with E-state index in [9.17, 15) is 14.9 Å². The molecule has 1 heterocycles. The Labute approximate surface area is 182 Å².